The Balaban J connectivity index is 1.62. The summed E-state index contributed by atoms with van der Waals surface area (Å²) >= 11 is 1.37. The second-order valence-electron chi connectivity index (χ2n) is 6.40. The number of nitrogens with zero attached hydrogens (tertiary/aromatic N) is 3. The van der Waals surface area contributed by atoms with E-state index in [1.165, 1.54) is 11.8 Å². The van der Waals surface area contributed by atoms with Gasteiger partial charge in [0.25, 0.3) is 0 Å². The molecule has 1 fully saturated rings. The third-order valence-electron chi connectivity index (χ3n) is 4.54. The Labute approximate surface area is 168 Å². The van der Waals surface area contributed by atoms with Crippen LogP contribution in [0.25, 0.3) is 0 Å². The van der Waals surface area contributed by atoms with Gasteiger partial charge in [0.05, 0.1) is 38.3 Å². The molecule has 1 aromatic carbocycles. The lowest BCUT2D eigenvalue weighted by Gasteiger charge is -2.14. The highest BCUT2D eigenvalue weighted by atomic mass is 32.2. The molecule has 1 saturated heterocycles. The Hall–Kier alpha value is -2.26. The van der Waals surface area contributed by atoms with E-state index >= 15 is 0 Å². The number of amides is 1. The first-order valence-corrected chi connectivity index (χ1v) is 10.3. The molecular weight excluding hydrogens is 380 g/mol. The number of aromatic nitrogens is 3. The molecule has 0 radical (unpaired) electrons. The lowest BCUT2D eigenvalue weighted by atomic mass is 10.2. The lowest BCUT2D eigenvalue weighted by Crippen LogP contribution is -2.19. The largest absolute Gasteiger partial charge is 0.497 e. The molecular formula is C19H26N4O4S. The summed E-state index contributed by atoms with van der Waals surface area (Å²) in [5, 5.41) is 12.1. The molecule has 9 heteroatoms. The highest BCUT2D eigenvalue weighted by Gasteiger charge is 2.21. The Morgan fingerprint density at radius 1 is 1.36 bits per heavy atom. The van der Waals surface area contributed by atoms with Crippen molar-refractivity contribution in [2.75, 3.05) is 31.9 Å². The van der Waals surface area contributed by atoms with Crippen molar-refractivity contribution < 1.29 is 19.0 Å². The fourth-order valence-corrected chi connectivity index (χ4v) is 3.85. The van der Waals surface area contributed by atoms with Crippen molar-refractivity contribution in [2.24, 2.45) is 0 Å². The van der Waals surface area contributed by atoms with E-state index in [4.69, 9.17) is 14.2 Å². The van der Waals surface area contributed by atoms with Crippen LogP contribution in [0, 0.1) is 0 Å². The number of methoxy groups -OCH3 is 2. The molecule has 0 bridgehead atoms. The average Bonchev–Trinajstić information content (AvgIpc) is 3.37. The van der Waals surface area contributed by atoms with Gasteiger partial charge >= 0.3 is 0 Å². The number of carbonyl (C=O) groups excluding carboxylic acids is 1. The van der Waals surface area contributed by atoms with E-state index in [9.17, 15) is 4.79 Å². The maximum atomic E-state index is 12.4. The van der Waals surface area contributed by atoms with E-state index in [1.807, 2.05) is 6.92 Å². The van der Waals surface area contributed by atoms with Gasteiger partial charge in [-0.3, -0.25) is 4.79 Å². The van der Waals surface area contributed by atoms with Gasteiger partial charge < -0.3 is 24.1 Å². The number of rotatable bonds is 9. The first-order valence-electron chi connectivity index (χ1n) is 9.33. The quantitative estimate of drug-likeness (QED) is 0.641. The topological polar surface area (TPSA) is 87.5 Å². The van der Waals surface area contributed by atoms with Gasteiger partial charge in [-0.2, -0.15) is 0 Å². The highest BCUT2D eigenvalue weighted by molar-refractivity contribution is 7.99. The van der Waals surface area contributed by atoms with Gasteiger partial charge in [0.1, 0.15) is 17.3 Å². The molecule has 1 aromatic heterocycles. The van der Waals surface area contributed by atoms with Crippen LogP contribution in [-0.2, 0) is 22.5 Å². The van der Waals surface area contributed by atoms with Gasteiger partial charge in [-0.1, -0.05) is 18.7 Å². The summed E-state index contributed by atoms with van der Waals surface area (Å²) in [6.45, 7) is 3.59. The van der Waals surface area contributed by atoms with Gasteiger partial charge in [0.2, 0.25) is 5.91 Å². The van der Waals surface area contributed by atoms with Crippen LogP contribution in [0.4, 0.5) is 5.69 Å². The normalized spacial score (nSPS) is 16.2. The molecule has 2 heterocycles. The van der Waals surface area contributed by atoms with Crippen LogP contribution >= 0.6 is 11.8 Å². The summed E-state index contributed by atoms with van der Waals surface area (Å²) in [7, 11) is 3.14. The molecule has 3 rings (SSSR count). The molecule has 1 aliphatic heterocycles. The molecule has 152 valence electrons. The van der Waals surface area contributed by atoms with Crippen LogP contribution in [0.5, 0.6) is 11.5 Å². The predicted molar refractivity (Wildman–Crippen MR) is 107 cm³/mol. The number of benzene rings is 1. The zero-order valence-corrected chi connectivity index (χ0v) is 17.3. The van der Waals surface area contributed by atoms with E-state index in [0.717, 1.165) is 43.4 Å². The standard InChI is InChI=1S/C19H26N4O4S/c1-4-17-21-22-19(23(17)11-14-6-5-9-27-14)28-12-18(24)20-15-8-7-13(25-2)10-16(15)26-3/h7-8,10,14H,4-6,9,11-12H2,1-3H3,(H,20,24). The molecule has 0 saturated carbocycles. The van der Waals surface area contributed by atoms with Crippen molar-refractivity contribution in [1.29, 1.82) is 0 Å². The van der Waals surface area contributed by atoms with Crippen molar-refractivity contribution in [3.05, 3.63) is 24.0 Å². The van der Waals surface area contributed by atoms with Crippen molar-refractivity contribution >= 4 is 23.4 Å². The van der Waals surface area contributed by atoms with E-state index < -0.39 is 0 Å². The number of nitrogens with one attached hydrogen (secondary N) is 1. The molecule has 1 atom stereocenters. The molecule has 8 nitrogen and oxygen atoms in total. The number of hydrogen-bond acceptors (Lipinski definition) is 7. The van der Waals surface area contributed by atoms with Crippen LogP contribution in [0.2, 0.25) is 0 Å². The van der Waals surface area contributed by atoms with Gasteiger partial charge in [-0.25, -0.2) is 0 Å². The fraction of sp³-hybridized carbons (Fsp3) is 0.526. The van der Waals surface area contributed by atoms with Crippen LogP contribution in [0.1, 0.15) is 25.6 Å². The Morgan fingerprint density at radius 2 is 2.21 bits per heavy atom. The summed E-state index contributed by atoms with van der Waals surface area (Å²) in [4.78, 5) is 12.4. The maximum Gasteiger partial charge on any atom is 0.234 e. The monoisotopic (exact) mass is 406 g/mol. The molecule has 2 aromatic rings. The minimum absolute atomic E-state index is 0.141. The highest BCUT2D eigenvalue weighted by Crippen LogP contribution is 2.29. The zero-order valence-electron chi connectivity index (χ0n) is 16.4. The number of ether oxygens (including phenoxy) is 3. The Morgan fingerprint density at radius 3 is 2.89 bits per heavy atom. The summed E-state index contributed by atoms with van der Waals surface area (Å²) in [6, 6.07) is 5.26. The smallest absolute Gasteiger partial charge is 0.234 e. The number of anilines is 1. The minimum atomic E-state index is -0.141. The van der Waals surface area contributed by atoms with E-state index in [1.54, 1.807) is 32.4 Å². The van der Waals surface area contributed by atoms with Crippen LogP contribution < -0.4 is 14.8 Å². The number of hydrogen-bond donors (Lipinski definition) is 1. The Bertz CT molecular complexity index is 805. The molecule has 28 heavy (non-hydrogen) atoms. The van der Waals surface area contributed by atoms with Crippen molar-refractivity contribution in [3.8, 4) is 11.5 Å². The molecule has 1 N–H and O–H groups in total. The fourth-order valence-electron chi connectivity index (χ4n) is 3.08. The summed E-state index contributed by atoms with van der Waals surface area (Å²) in [5.74, 6) is 2.21. The number of aryl methyl sites for hydroxylation is 1. The maximum absolute atomic E-state index is 12.4. The van der Waals surface area contributed by atoms with Crippen LogP contribution in [-0.4, -0.2) is 53.4 Å². The minimum Gasteiger partial charge on any atom is -0.497 e. The van der Waals surface area contributed by atoms with Gasteiger partial charge in [0.15, 0.2) is 5.16 Å². The van der Waals surface area contributed by atoms with E-state index in [-0.39, 0.29) is 17.8 Å². The SMILES string of the molecule is CCc1nnc(SCC(=O)Nc2ccc(OC)cc2OC)n1CC1CCCO1. The van der Waals surface area contributed by atoms with Crippen LogP contribution in [0.3, 0.4) is 0 Å². The number of thioether (sulfide) groups is 1. The zero-order chi connectivity index (χ0) is 19.9. The molecule has 0 spiro atoms. The van der Waals surface area contributed by atoms with E-state index in [2.05, 4.69) is 20.1 Å². The molecule has 0 aliphatic carbocycles. The molecule has 1 amide bonds. The van der Waals surface area contributed by atoms with Crippen molar-refractivity contribution in [3.63, 3.8) is 0 Å². The van der Waals surface area contributed by atoms with E-state index in [0.29, 0.717) is 17.2 Å². The molecule has 1 unspecified atom stereocenters. The second kappa shape index (κ2) is 9.79. The Kier molecular flexibility index (Phi) is 7.16. The summed E-state index contributed by atoms with van der Waals surface area (Å²) < 4.78 is 18.3. The van der Waals surface area contributed by atoms with Gasteiger partial charge in [0, 0.05) is 19.1 Å². The molecule has 1 aliphatic rings. The lowest BCUT2D eigenvalue weighted by molar-refractivity contribution is -0.113. The van der Waals surface area contributed by atoms with Gasteiger partial charge in [-0.15, -0.1) is 10.2 Å². The number of carbonyl (C=O) groups is 1. The third-order valence-corrected chi connectivity index (χ3v) is 5.50. The van der Waals surface area contributed by atoms with Crippen molar-refractivity contribution in [1.82, 2.24) is 14.8 Å². The van der Waals surface area contributed by atoms with Crippen molar-refractivity contribution in [2.45, 2.75) is 44.0 Å². The van der Waals surface area contributed by atoms with Crippen LogP contribution in [0.15, 0.2) is 23.4 Å². The van der Waals surface area contributed by atoms with Gasteiger partial charge in [-0.05, 0) is 25.0 Å². The summed E-state index contributed by atoms with van der Waals surface area (Å²) in [6.07, 6.45) is 3.11. The summed E-state index contributed by atoms with van der Waals surface area (Å²) in [5.41, 5.74) is 0.601. The predicted octanol–water partition coefficient (Wildman–Crippen LogP) is 2.77. The first-order chi connectivity index (χ1) is 13.6. The average molecular weight is 407 g/mol. The third kappa shape index (κ3) is 4.96. The second-order valence-corrected chi connectivity index (χ2v) is 7.34. The first kappa shape index (κ1) is 20.5.